The van der Waals surface area contributed by atoms with Gasteiger partial charge in [-0.2, -0.15) is 23.3 Å². The average Bonchev–Trinajstić information content (AvgIpc) is 2.90. The van der Waals surface area contributed by atoms with E-state index < -0.39 is 0 Å². The molecule has 1 aliphatic rings. The molecule has 0 heterocycles. The van der Waals surface area contributed by atoms with Gasteiger partial charge in [-0.3, -0.25) is 6.08 Å². The van der Waals surface area contributed by atoms with Gasteiger partial charge < -0.3 is 24.8 Å². The van der Waals surface area contributed by atoms with Gasteiger partial charge >= 0.3 is 26.2 Å². The van der Waals surface area contributed by atoms with Crippen molar-refractivity contribution in [2.24, 2.45) is 0 Å². The fraction of sp³-hybridized carbons (Fsp3) is 0.235. The van der Waals surface area contributed by atoms with Crippen LogP contribution in [0.25, 0.3) is 6.08 Å². The standard InChI is InChI=1S/C11H11.C6H7.2ClH.Zr/c1-8-3-6-11-9(2)4-5-10(11)7-8;1-6-4-2-3-5-6;;;/h3,5-7,9H,1-2H3;2-5H,1H3;2*1H;/q2*-1;;;+4/p-2. The molecule has 104 valence electrons. The van der Waals surface area contributed by atoms with E-state index in [1.165, 1.54) is 22.3 Å². The number of aryl methyl sites for hydroxylation is 2. The van der Waals surface area contributed by atoms with E-state index in [0.29, 0.717) is 5.92 Å². The molecule has 0 spiro atoms. The molecular weight excluding hydrogens is 366 g/mol. The maximum absolute atomic E-state index is 3.29. The van der Waals surface area contributed by atoms with Gasteiger partial charge in [0.2, 0.25) is 0 Å². The van der Waals surface area contributed by atoms with Crippen LogP contribution in [0.15, 0.2) is 42.5 Å². The van der Waals surface area contributed by atoms with Crippen molar-refractivity contribution in [2.75, 3.05) is 0 Å². The summed E-state index contributed by atoms with van der Waals surface area (Å²) >= 11 is 0. The molecule has 0 aromatic heterocycles. The molecule has 20 heavy (non-hydrogen) atoms. The molecule has 0 fully saturated rings. The first kappa shape index (κ1) is 22.1. The summed E-state index contributed by atoms with van der Waals surface area (Å²) in [4.78, 5) is 0. The van der Waals surface area contributed by atoms with Gasteiger partial charge in [0.05, 0.1) is 0 Å². The maximum atomic E-state index is 3.29. The molecule has 0 amide bonds. The number of rotatable bonds is 0. The second-order valence-corrected chi connectivity index (χ2v) is 4.63. The number of fused-ring (bicyclic) bond motifs is 1. The predicted octanol–water partition coefficient (Wildman–Crippen LogP) is -1.35. The average molecular weight is 384 g/mol. The zero-order chi connectivity index (χ0) is 12.3. The van der Waals surface area contributed by atoms with E-state index in [1.54, 1.807) is 0 Å². The van der Waals surface area contributed by atoms with Crippen LogP contribution in [0.3, 0.4) is 0 Å². The molecule has 0 aliphatic heterocycles. The summed E-state index contributed by atoms with van der Waals surface area (Å²) in [6.45, 7) is 6.38. The van der Waals surface area contributed by atoms with Crippen LogP contribution in [0.4, 0.5) is 0 Å². The first-order chi connectivity index (χ1) is 8.16. The molecule has 0 saturated carbocycles. The summed E-state index contributed by atoms with van der Waals surface area (Å²) in [5.74, 6) is 0.491. The summed E-state index contributed by atoms with van der Waals surface area (Å²) in [5, 5.41) is 0. The van der Waals surface area contributed by atoms with Crippen molar-refractivity contribution in [1.29, 1.82) is 0 Å². The minimum atomic E-state index is 0. The molecule has 0 saturated heterocycles. The van der Waals surface area contributed by atoms with Crippen molar-refractivity contribution >= 4 is 6.08 Å². The van der Waals surface area contributed by atoms with Crippen LogP contribution in [0.5, 0.6) is 0 Å². The zero-order valence-electron chi connectivity index (χ0n) is 12.0. The third-order valence-corrected chi connectivity index (χ3v) is 3.03. The molecule has 1 aliphatic carbocycles. The van der Waals surface area contributed by atoms with Crippen LogP contribution in [-0.4, -0.2) is 0 Å². The first-order valence-electron chi connectivity index (χ1n) is 6.05. The summed E-state index contributed by atoms with van der Waals surface area (Å²) < 4.78 is 0. The van der Waals surface area contributed by atoms with E-state index >= 15 is 0 Å². The Balaban J connectivity index is 0. The summed E-state index contributed by atoms with van der Waals surface area (Å²) in [7, 11) is 0. The van der Waals surface area contributed by atoms with Crippen molar-refractivity contribution < 1.29 is 51.0 Å². The van der Waals surface area contributed by atoms with Crippen LogP contribution in [0.1, 0.15) is 35.1 Å². The first-order valence-corrected chi connectivity index (χ1v) is 6.05. The van der Waals surface area contributed by atoms with Crippen LogP contribution in [0.2, 0.25) is 0 Å². The van der Waals surface area contributed by atoms with E-state index in [0.717, 1.165) is 0 Å². The van der Waals surface area contributed by atoms with Crippen LogP contribution < -0.4 is 24.8 Å². The van der Waals surface area contributed by atoms with Crippen LogP contribution >= 0.6 is 0 Å². The predicted molar refractivity (Wildman–Crippen MR) is 74.1 cm³/mol. The van der Waals surface area contributed by atoms with Crippen molar-refractivity contribution in [2.45, 2.75) is 26.7 Å². The van der Waals surface area contributed by atoms with Gasteiger partial charge in [-0.1, -0.05) is 37.5 Å². The van der Waals surface area contributed by atoms with Crippen molar-refractivity contribution in [3.05, 3.63) is 70.8 Å². The molecule has 0 N–H and O–H groups in total. The van der Waals surface area contributed by atoms with Gasteiger partial charge in [0.15, 0.2) is 0 Å². The zero-order valence-corrected chi connectivity index (χ0v) is 15.9. The minimum absolute atomic E-state index is 0. The molecule has 0 nitrogen and oxygen atoms in total. The van der Waals surface area contributed by atoms with Crippen molar-refractivity contribution in [3.63, 3.8) is 0 Å². The number of allylic oxidation sites excluding steroid dienone is 1. The molecule has 3 heteroatoms. The van der Waals surface area contributed by atoms with Crippen LogP contribution in [0, 0.1) is 19.9 Å². The summed E-state index contributed by atoms with van der Waals surface area (Å²) in [6.07, 6.45) is 5.38. The Labute approximate surface area is 154 Å². The molecule has 3 rings (SSSR count). The topological polar surface area (TPSA) is 0 Å². The Bertz CT molecular complexity index is 516. The molecule has 1 unspecified atom stereocenters. The largest absolute Gasteiger partial charge is 4.00 e. The van der Waals surface area contributed by atoms with Gasteiger partial charge in [0.1, 0.15) is 0 Å². The molecule has 2 aromatic carbocycles. The quantitative estimate of drug-likeness (QED) is 0.493. The monoisotopic (exact) mass is 382 g/mol. The van der Waals surface area contributed by atoms with E-state index in [2.05, 4.69) is 63.3 Å². The third-order valence-electron chi connectivity index (χ3n) is 3.03. The smallest absolute Gasteiger partial charge is 1.00 e. The Morgan fingerprint density at radius 3 is 2.20 bits per heavy atom. The van der Waals surface area contributed by atoms with E-state index in [1.807, 2.05) is 12.1 Å². The Kier molecular flexibility index (Phi) is 11.6. The van der Waals surface area contributed by atoms with Gasteiger partial charge in [0, 0.05) is 0 Å². The molecular formula is C17H18Cl2Zr. The van der Waals surface area contributed by atoms with Crippen LogP contribution in [-0.2, 0) is 26.2 Å². The van der Waals surface area contributed by atoms with Gasteiger partial charge in [0.25, 0.3) is 0 Å². The normalized spacial score (nSPS) is 13.8. The van der Waals surface area contributed by atoms with Crippen molar-refractivity contribution in [3.8, 4) is 0 Å². The van der Waals surface area contributed by atoms with Gasteiger partial charge in [-0.25, -0.2) is 18.2 Å². The minimum Gasteiger partial charge on any atom is -1.00 e. The van der Waals surface area contributed by atoms with E-state index in [9.17, 15) is 0 Å². The molecule has 0 bridgehead atoms. The van der Waals surface area contributed by atoms with Crippen molar-refractivity contribution in [1.82, 2.24) is 0 Å². The second kappa shape index (κ2) is 10.5. The number of halogens is 2. The summed E-state index contributed by atoms with van der Waals surface area (Å²) in [5.41, 5.74) is 5.43. The number of benzene rings is 1. The SMILES string of the molecule is C[c-]1cccc1.Cc1ccc2c(c1)C=[C-]C2C.[Cl-].[Cl-].[Zr+4]. The Hall–Kier alpha value is -0.227. The fourth-order valence-electron chi connectivity index (χ4n) is 1.99. The molecule has 1 atom stereocenters. The van der Waals surface area contributed by atoms with Gasteiger partial charge in [-0.15, -0.1) is 11.6 Å². The van der Waals surface area contributed by atoms with E-state index in [-0.39, 0.29) is 51.0 Å². The molecule has 0 radical (unpaired) electrons. The number of hydrogen-bond donors (Lipinski definition) is 0. The van der Waals surface area contributed by atoms with Gasteiger partial charge in [-0.05, 0) is 6.92 Å². The summed E-state index contributed by atoms with van der Waals surface area (Å²) in [6, 6.07) is 14.8. The number of hydrogen-bond acceptors (Lipinski definition) is 0. The van der Waals surface area contributed by atoms with E-state index in [4.69, 9.17) is 0 Å². The fourth-order valence-corrected chi connectivity index (χ4v) is 1.99. The Morgan fingerprint density at radius 1 is 1.10 bits per heavy atom. The second-order valence-electron chi connectivity index (χ2n) is 4.63. The molecule has 2 aromatic rings. The maximum Gasteiger partial charge on any atom is 4.00 e. The third kappa shape index (κ3) is 6.04. The Morgan fingerprint density at radius 2 is 1.70 bits per heavy atom.